The van der Waals surface area contributed by atoms with Crippen molar-refractivity contribution in [3.05, 3.63) is 28.8 Å². The Morgan fingerprint density at radius 1 is 1.56 bits per heavy atom. The van der Waals surface area contributed by atoms with Gasteiger partial charge in [0.05, 0.1) is 0 Å². The van der Waals surface area contributed by atoms with E-state index in [0.717, 1.165) is 18.4 Å². The topological polar surface area (TPSA) is 55.6 Å². The number of amides is 1. The van der Waals surface area contributed by atoms with Crippen molar-refractivity contribution in [1.82, 2.24) is 4.90 Å². The maximum Gasteiger partial charge on any atom is 0.415 e. The van der Waals surface area contributed by atoms with Gasteiger partial charge < -0.3 is 15.4 Å². The van der Waals surface area contributed by atoms with Gasteiger partial charge in [-0.15, -0.1) is 0 Å². The summed E-state index contributed by atoms with van der Waals surface area (Å²) in [5.41, 5.74) is 6.72. The highest BCUT2D eigenvalue weighted by Gasteiger charge is 2.22. The number of halogens is 1. The molecule has 1 amide bonds. The third kappa shape index (κ3) is 3.15. The second-order valence-corrected chi connectivity index (χ2v) is 5.03. The summed E-state index contributed by atoms with van der Waals surface area (Å²) in [5.74, 6) is 0.515. The number of likely N-dealkylation sites (tertiary alicyclic amines) is 1. The van der Waals surface area contributed by atoms with Gasteiger partial charge in [0.25, 0.3) is 0 Å². The Hall–Kier alpha value is -1.26. The summed E-state index contributed by atoms with van der Waals surface area (Å²) in [7, 11) is 0. The fourth-order valence-corrected chi connectivity index (χ4v) is 2.14. The maximum atomic E-state index is 11.9. The number of piperidine rings is 1. The zero-order valence-electron chi connectivity index (χ0n) is 10.4. The number of benzene rings is 1. The lowest BCUT2D eigenvalue weighted by molar-refractivity contribution is 0.137. The molecule has 98 valence electrons. The number of nitrogens with two attached hydrogens (primary N) is 1. The Bertz CT molecular complexity index is 451. The van der Waals surface area contributed by atoms with Gasteiger partial charge in [-0.1, -0.05) is 11.6 Å². The van der Waals surface area contributed by atoms with Gasteiger partial charge in [-0.25, -0.2) is 4.79 Å². The van der Waals surface area contributed by atoms with Gasteiger partial charge in [0.2, 0.25) is 0 Å². The van der Waals surface area contributed by atoms with Crippen LogP contribution in [0.15, 0.2) is 18.2 Å². The highest BCUT2D eigenvalue weighted by molar-refractivity contribution is 6.31. The number of nitrogens with zero attached hydrogens (tertiary/aromatic N) is 1. The second-order valence-electron chi connectivity index (χ2n) is 4.63. The standard InChI is InChI=1S/C13H17ClN2O2/c1-9-7-11(4-5-12(9)14)18-13(17)16-6-2-3-10(15)8-16/h4-5,7,10H,2-3,6,8,15H2,1H3. The minimum absolute atomic E-state index is 0.0539. The first-order valence-corrected chi connectivity index (χ1v) is 6.42. The van der Waals surface area contributed by atoms with E-state index in [1.807, 2.05) is 6.92 Å². The Morgan fingerprint density at radius 3 is 3.00 bits per heavy atom. The van der Waals surface area contributed by atoms with Gasteiger partial charge >= 0.3 is 6.09 Å². The van der Waals surface area contributed by atoms with Crippen molar-refractivity contribution in [3.8, 4) is 5.75 Å². The SMILES string of the molecule is Cc1cc(OC(=O)N2CCCC(N)C2)ccc1Cl. The molecule has 0 radical (unpaired) electrons. The molecule has 2 rings (SSSR count). The first-order chi connectivity index (χ1) is 8.56. The minimum Gasteiger partial charge on any atom is -0.410 e. The predicted molar refractivity (Wildman–Crippen MR) is 71.0 cm³/mol. The van der Waals surface area contributed by atoms with Crippen molar-refractivity contribution in [3.63, 3.8) is 0 Å². The van der Waals surface area contributed by atoms with E-state index in [1.165, 1.54) is 0 Å². The van der Waals surface area contributed by atoms with E-state index in [4.69, 9.17) is 22.1 Å². The van der Waals surface area contributed by atoms with Crippen molar-refractivity contribution in [2.45, 2.75) is 25.8 Å². The third-order valence-corrected chi connectivity index (χ3v) is 3.47. The van der Waals surface area contributed by atoms with E-state index in [9.17, 15) is 4.79 Å². The van der Waals surface area contributed by atoms with Crippen LogP contribution in [0.4, 0.5) is 4.79 Å². The number of hydrogen-bond acceptors (Lipinski definition) is 3. The summed E-state index contributed by atoms with van der Waals surface area (Å²) >= 11 is 5.92. The van der Waals surface area contributed by atoms with Gasteiger partial charge in [0.15, 0.2) is 0 Å². The molecule has 5 heteroatoms. The minimum atomic E-state index is -0.341. The normalized spacial score (nSPS) is 19.7. The number of carbonyl (C=O) groups excluding carboxylic acids is 1. The molecule has 1 aliphatic rings. The molecule has 1 atom stereocenters. The molecular formula is C13H17ClN2O2. The van der Waals surface area contributed by atoms with E-state index in [0.29, 0.717) is 23.9 Å². The average molecular weight is 269 g/mol. The summed E-state index contributed by atoms with van der Waals surface area (Å²) in [6.45, 7) is 3.14. The number of aryl methyl sites for hydroxylation is 1. The fraction of sp³-hybridized carbons (Fsp3) is 0.462. The number of hydrogen-bond donors (Lipinski definition) is 1. The lowest BCUT2D eigenvalue weighted by atomic mass is 10.1. The van der Waals surface area contributed by atoms with E-state index >= 15 is 0 Å². The highest BCUT2D eigenvalue weighted by atomic mass is 35.5. The zero-order chi connectivity index (χ0) is 13.1. The molecule has 1 unspecified atom stereocenters. The average Bonchev–Trinajstić information content (AvgIpc) is 2.34. The van der Waals surface area contributed by atoms with Gasteiger partial charge in [-0.2, -0.15) is 0 Å². The van der Waals surface area contributed by atoms with Crippen LogP contribution in [-0.2, 0) is 0 Å². The summed E-state index contributed by atoms with van der Waals surface area (Å²) in [6.07, 6.45) is 1.55. The van der Waals surface area contributed by atoms with E-state index in [1.54, 1.807) is 23.1 Å². The summed E-state index contributed by atoms with van der Waals surface area (Å²) < 4.78 is 5.31. The van der Waals surface area contributed by atoms with Crippen molar-refractivity contribution in [2.75, 3.05) is 13.1 Å². The summed E-state index contributed by atoms with van der Waals surface area (Å²) in [5, 5.41) is 0.662. The molecule has 1 aromatic carbocycles. The van der Waals surface area contributed by atoms with Crippen LogP contribution in [0.1, 0.15) is 18.4 Å². The maximum absolute atomic E-state index is 11.9. The first kappa shape index (κ1) is 13.2. The Balaban J connectivity index is 2.00. The number of rotatable bonds is 1. The Labute approximate surface area is 112 Å². The molecular weight excluding hydrogens is 252 g/mol. The smallest absolute Gasteiger partial charge is 0.410 e. The van der Waals surface area contributed by atoms with Crippen LogP contribution in [0.3, 0.4) is 0 Å². The molecule has 0 bridgehead atoms. The van der Waals surface area contributed by atoms with Crippen LogP contribution in [-0.4, -0.2) is 30.1 Å². The van der Waals surface area contributed by atoms with Gasteiger partial charge in [-0.05, 0) is 43.5 Å². The van der Waals surface area contributed by atoms with Crippen LogP contribution in [0.25, 0.3) is 0 Å². The Kier molecular flexibility index (Phi) is 4.09. The van der Waals surface area contributed by atoms with Crippen LogP contribution in [0, 0.1) is 6.92 Å². The van der Waals surface area contributed by atoms with Crippen molar-refractivity contribution < 1.29 is 9.53 Å². The first-order valence-electron chi connectivity index (χ1n) is 6.05. The molecule has 1 aliphatic heterocycles. The van der Waals surface area contributed by atoms with Crippen molar-refractivity contribution >= 4 is 17.7 Å². The number of ether oxygens (including phenoxy) is 1. The molecule has 18 heavy (non-hydrogen) atoms. The fourth-order valence-electron chi connectivity index (χ4n) is 2.02. The zero-order valence-corrected chi connectivity index (χ0v) is 11.1. The lowest BCUT2D eigenvalue weighted by Gasteiger charge is -2.29. The van der Waals surface area contributed by atoms with Crippen molar-refractivity contribution in [1.29, 1.82) is 0 Å². The second kappa shape index (κ2) is 5.59. The van der Waals surface area contributed by atoms with E-state index in [-0.39, 0.29) is 12.1 Å². The van der Waals surface area contributed by atoms with E-state index in [2.05, 4.69) is 0 Å². The molecule has 0 aliphatic carbocycles. The number of carbonyl (C=O) groups is 1. The van der Waals surface area contributed by atoms with Crippen LogP contribution in [0.5, 0.6) is 5.75 Å². The quantitative estimate of drug-likeness (QED) is 0.852. The van der Waals surface area contributed by atoms with Crippen LogP contribution in [0.2, 0.25) is 5.02 Å². The Morgan fingerprint density at radius 2 is 2.33 bits per heavy atom. The summed E-state index contributed by atoms with van der Waals surface area (Å²) in [4.78, 5) is 13.6. The third-order valence-electron chi connectivity index (χ3n) is 3.05. The molecule has 1 aromatic rings. The van der Waals surface area contributed by atoms with Crippen molar-refractivity contribution in [2.24, 2.45) is 5.73 Å². The van der Waals surface area contributed by atoms with Gasteiger partial charge in [0, 0.05) is 24.2 Å². The predicted octanol–water partition coefficient (Wildman–Crippen LogP) is 2.57. The lowest BCUT2D eigenvalue weighted by Crippen LogP contribution is -2.46. The molecule has 0 spiro atoms. The van der Waals surface area contributed by atoms with E-state index < -0.39 is 0 Å². The molecule has 2 N–H and O–H groups in total. The molecule has 0 saturated carbocycles. The molecule has 1 fully saturated rings. The van der Waals surface area contributed by atoms with Crippen LogP contribution < -0.4 is 10.5 Å². The molecule has 0 aromatic heterocycles. The molecule has 1 saturated heterocycles. The molecule has 4 nitrogen and oxygen atoms in total. The monoisotopic (exact) mass is 268 g/mol. The molecule has 1 heterocycles. The van der Waals surface area contributed by atoms with Gasteiger partial charge in [-0.3, -0.25) is 0 Å². The summed E-state index contributed by atoms with van der Waals surface area (Å²) in [6, 6.07) is 5.22. The largest absolute Gasteiger partial charge is 0.415 e. The highest BCUT2D eigenvalue weighted by Crippen LogP contribution is 2.22. The van der Waals surface area contributed by atoms with Gasteiger partial charge in [0.1, 0.15) is 5.75 Å². The van der Waals surface area contributed by atoms with Crippen LogP contribution >= 0.6 is 11.6 Å².